The third kappa shape index (κ3) is 6.25. The molecule has 3 amide bonds. The first kappa shape index (κ1) is 27.4. The van der Waals surface area contributed by atoms with Gasteiger partial charge in [-0.15, -0.1) is 11.3 Å². The number of rotatable bonds is 10. The van der Waals surface area contributed by atoms with Gasteiger partial charge in [0.15, 0.2) is 0 Å². The second-order valence-corrected chi connectivity index (χ2v) is 11.1. The highest BCUT2D eigenvalue weighted by atomic mass is 32.1. The van der Waals surface area contributed by atoms with Crippen LogP contribution in [0.5, 0.6) is 5.75 Å². The second-order valence-electron chi connectivity index (χ2n) is 10.1. The lowest BCUT2D eigenvalue weighted by Gasteiger charge is -2.35. The van der Waals surface area contributed by atoms with Crippen LogP contribution in [0.4, 0.5) is 5.69 Å². The first-order chi connectivity index (χ1) is 18.2. The number of benzene rings is 2. The number of hydrogen-bond acceptors (Lipinski definition) is 5. The van der Waals surface area contributed by atoms with Crippen molar-refractivity contribution < 1.29 is 19.1 Å². The summed E-state index contributed by atoms with van der Waals surface area (Å²) in [6.07, 6.45) is 3.71. The number of nitrogens with one attached hydrogen (secondary N) is 2. The van der Waals surface area contributed by atoms with Gasteiger partial charge in [-0.1, -0.05) is 31.2 Å². The van der Waals surface area contributed by atoms with Crippen LogP contribution in [0.15, 0.2) is 60.0 Å². The van der Waals surface area contributed by atoms with Gasteiger partial charge in [0.05, 0.1) is 18.5 Å². The predicted octanol–water partition coefficient (Wildman–Crippen LogP) is 5.05. The number of nitrogens with zero attached hydrogens (tertiary/aromatic N) is 1. The maximum absolute atomic E-state index is 14.0. The molecule has 2 aromatic carbocycles. The highest BCUT2D eigenvalue weighted by Gasteiger charge is 2.35. The Morgan fingerprint density at radius 1 is 1.05 bits per heavy atom. The average molecular weight is 534 g/mol. The third-order valence-electron chi connectivity index (χ3n) is 7.04. The number of fused-ring (bicyclic) bond motifs is 1. The van der Waals surface area contributed by atoms with Gasteiger partial charge in [-0.2, -0.15) is 0 Å². The van der Waals surface area contributed by atoms with Crippen molar-refractivity contribution in [3.63, 3.8) is 0 Å². The highest BCUT2D eigenvalue weighted by molar-refractivity contribution is 7.12. The molecule has 0 saturated heterocycles. The van der Waals surface area contributed by atoms with Crippen molar-refractivity contribution in [2.75, 3.05) is 18.6 Å². The van der Waals surface area contributed by atoms with E-state index >= 15 is 0 Å². The molecule has 0 aliphatic heterocycles. The predicted molar refractivity (Wildman–Crippen MR) is 151 cm³/mol. The maximum Gasteiger partial charge on any atom is 0.261 e. The summed E-state index contributed by atoms with van der Waals surface area (Å²) in [6, 6.07) is 15.7. The molecule has 0 spiro atoms. The highest BCUT2D eigenvalue weighted by Crippen LogP contribution is 2.34. The molecule has 0 fully saturated rings. The van der Waals surface area contributed by atoms with Gasteiger partial charge < -0.3 is 15.4 Å². The van der Waals surface area contributed by atoms with Crippen molar-refractivity contribution >= 4 is 34.7 Å². The zero-order chi connectivity index (χ0) is 27.3. The van der Waals surface area contributed by atoms with Gasteiger partial charge in [-0.05, 0) is 91.9 Å². The van der Waals surface area contributed by atoms with E-state index in [-0.39, 0.29) is 24.3 Å². The summed E-state index contributed by atoms with van der Waals surface area (Å²) < 4.78 is 5.44. The molecule has 1 heterocycles. The normalized spacial score (nSPS) is 13.4. The number of carbonyl (C=O) groups is 3. The van der Waals surface area contributed by atoms with Gasteiger partial charge in [0.2, 0.25) is 11.8 Å². The van der Waals surface area contributed by atoms with E-state index in [0.29, 0.717) is 28.3 Å². The number of anilines is 1. The fraction of sp³-hybridized carbons (Fsp3) is 0.367. The van der Waals surface area contributed by atoms with Gasteiger partial charge >= 0.3 is 0 Å². The molecule has 8 heteroatoms. The van der Waals surface area contributed by atoms with Crippen molar-refractivity contribution in [3.05, 3.63) is 81.5 Å². The minimum atomic E-state index is -0.971. The molecule has 3 aromatic rings. The smallest absolute Gasteiger partial charge is 0.261 e. The molecule has 4 rings (SSSR count). The minimum Gasteiger partial charge on any atom is -0.497 e. The van der Waals surface area contributed by atoms with Gasteiger partial charge in [-0.3, -0.25) is 19.3 Å². The summed E-state index contributed by atoms with van der Waals surface area (Å²) >= 11 is 1.31. The molecule has 7 nitrogen and oxygen atoms in total. The number of aryl methyl sites for hydroxylation is 2. The van der Waals surface area contributed by atoms with E-state index in [1.165, 1.54) is 27.4 Å². The quantitative estimate of drug-likeness (QED) is 0.382. The molecule has 0 bridgehead atoms. The Morgan fingerprint density at radius 3 is 2.55 bits per heavy atom. The zero-order valence-electron chi connectivity index (χ0n) is 22.4. The Bertz CT molecular complexity index is 1300. The Morgan fingerprint density at radius 2 is 1.84 bits per heavy atom. The van der Waals surface area contributed by atoms with Gasteiger partial charge in [-0.25, -0.2) is 0 Å². The molecule has 1 aliphatic rings. The molecule has 200 valence electrons. The topological polar surface area (TPSA) is 87.7 Å². The molecule has 2 N–H and O–H groups in total. The van der Waals surface area contributed by atoms with Crippen molar-refractivity contribution in [2.45, 2.75) is 58.0 Å². The molecule has 38 heavy (non-hydrogen) atoms. The van der Waals surface area contributed by atoms with Crippen molar-refractivity contribution in [3.8, 4) is 5.75 Å². The van der Waals surface area contributed by atoms with E-state index in [1.54, 1.807) is 31.4 Å². The van der Waals surface area contributed by atoms with E-state index in [4.69, 9.17) is 4.74 Å². The second kappa shape index (κ2) is 11.8. The van der Waals surface area contributed by atoms with Gasteiger partial charge in [0, 0.05) is 11.2 Å². The van der Waals surface area contributed by atoms with Crippen LogP contribution in [0.25, 0.3) is 0 Å². The zero-order valence-corrected chi connectivity index (χ0v) is 23.2. The van der Waals surface area contributed by atoms with Crippen LogP contribution in [0, 0.1) is 0 Å². The van der Waals surface area contributed by atoms with Crippen LogP contribution in [0.1, 0.15) is 66.0 Å². The van der Waals surface area contributed by atoms with E-state index in [2.05, 4.69) is 10.6 Å². The van der Waals surface area contributed by atoms with Crippen LogP contribution >= 0.6 is 11.3 Å². The molecule has 0 unspecified atom stereocenters. The largest absolute Gasteiger partial charge is 0.497 e. The average Bonchev–Trinajstić information content (AvgIpc) is 3.62. The first-order valence-corrected chi connectivity index (χ1v) is 13.8. The van der Waals surface area contributed by atoms with Crippen LogP contribution in [-0.2, 0) is 22.4 Å². The summed E-state index contributed by atoms with van der Waals surface area (Å²) in [6.45, 7) is 5.66. The minimum absolute atomic E-state index is 0.251. The van der Waals surface area contributed by atoms with E-state index in [9.17, 15) is 14.4 Å². The summed E-state index contributed by atoms with van der Waals surface area (Å²) in [5, 5.41) is 7.68. The fourth-order valence-electron chi connectivity index (χ4n) is 4.60. The molecule has 1 aliphatic carbocycles. The number of ether oxygens (including phenoxy) is 1. The van der Waals surface area contributed by atoms with Crippen molar-refractivity contribution in [1.29, 1.82) is 0 Å². The number of thiophene rings is 1. The lowest BCUT2D eigenvalue weighted by molar-refractivity contribution is -0.127. The molecule has 0 radical (unpaired) electrons. The standard InChI is InChI=1S/C30H35N3O4S/c1-5-30(2,3)32-29(36)27(22-11-7-12-24(18-22)37-4)33(23-15-14-20-9-6-10-21(20)17-23)26(34)19-31-28(35)25-13-8-16-38-25/h7-8,11-18,27H,5-6,9-10,19H2,1-4H3,(H,31,35)(H,32,36)/t27-/m1/s1. The van der Waals surface area contributed by atoms with E-state index in [0.717, 1.165) is 19.3 Å². The van der Waals surface area contributed by atoms with Crippen LogP contribution < -0.4 is 20.3 Å². The summed E-state index contributed by atoms with van der Waals surface area (Å²) in [4.78, 5) is 42.6. The SMILES string of the molecule is CCC(C)(C)NC(=O)[C@@H](c1cccc(OC)c1)N(C(=O)CNC(=O)c1cccs1)c1ccc2c(c1)CCC2. The molecular formula is C30H35N3O4S. The Hall–Kier alpha value is -3.65. The lowest BCUT2D eigenvalue weighted by Crippen LogP contribution is -2.52. The molecule has 0 saturated carbocycles. The van der Waals surface area contributed by atoms with Gasteiger partial charge in [0.25, 0.3) is 5.91 Å². The first-order valence-electron chi connectivity index (χ1n) is 12.9. The van der Waals surface area contributed by atoms with E-state index in [1.807, 2.05) is 56.5 Å². The third-order valence-corrected chi connectivity index (χ3v) is 7.90. The fourth-order valence-corrected chi connectivity index (χ4v) is 5.24. The van der Waals surface area contributed by atoms with Gasteiger partial charge in [0.1, 0.15) is 11.8 Å². The summed E-state index contributed by atoms with van der Waals surface area (Å²) in [5.41, 5.74) is 3.21. The van der Waals surface area contributed by atoms with E-state index < -0.39 is 11.6 Å². The molecule has 1 aromatic heterocycles. The van der Waals surface area contributed by atoms with Crippen LogP contribution in [0.3, 0.4) is 0 Å². The number of hydrogen-bond donors (Lipinski definition) is 2. The van der Waals surface area contributed by atoms with Crippen molar-refractivity contribution in [1.82, 2.24) is 10.6 Å². The molecular weight excluding hydrogens is 498 g/mol. The maximum atomic E-state index is 14.0. The van der Waals surface area contributed by atoms with Crippen LogP contribution in [-0.4, -0.2) is 36.9 Å². The summed E-state index contributed by atoms with van der Waals surface area (Å²) in [7, 11) is 1.57. The summed E-state index contributed by atoms with van der Waals surface area (Å²) in [5.74, 6) is -0.423. The molecule has 1 atom stereocenters. The Labute approximate surface area is 228 Å². The Balaban J connectivity index is 1.76. The number of carbonyl (C=O) groups excluding carboxylic acids is 3. The number of methoxy groups -OCH3 is 1. The Kier molecular flexibility index (Phi) is 8.52. The monoisotopic (exact) mass is 533 g/mol. The van der Waals surface area contributed by atoms with Crippen molar-refractivity contribution in [2.24, 2.45) is 0 Å². The van der Waals surface area contributed by atoms with Crippen LogP contribution in [0.2, 0.25) is 0 Å². The number of amides is 3. The lowest BCUT2D eigenvalue weighted by atomic mass is 9.97.